The van der Waals surface area contributed by atoms with Gasteiger partial charge >= 0.3 is 15.6 Å². The number of benzene rings is 1. The standard InChI is InChI=1S/C17H19Cl2F3N2O4S/c18-14-8-12(28-29(26,27)17(20,21)22)9-15(19)13(14)7-10-3-6-24(16(10)25)11-1-4-23-5-2-11/h8-11,23H,1-7H2/t10-/m0/s1. The second-order valence-electron chi connectivity index (χ2n) is 7.05. The van der Waals surface area contributed by atoms with E-state index in [2.05, 4.69) is 9.50 Å². The number of alkyl halides is 3. The molecule has 2 heterocycles. The van der Waals surface area contributed by atoms with Crippen LogP contribution in [0.5, 0.6) is 5.75 Å². The summed E-state index contributed by atoms with van der Waals surface area (Å²) >= 11 is 12.2. The first-order chi connectivity index (χ1) is 13.5. The second-order valence-corrected chi connectivity index (χ2v) is 9.40. The van der Waals surface area contributed by atoms with Crippen LogP contribution < -0.4 is 9.50 Å². The van der Waals surface area contributed by atoms with E-state index in [0.717, 1.165) is 38.1 Å². The van der Waals surface area contributed by atoms with Gasteiger partial charge in [0.15, 0.2) is 0 Å². The van der Waals surface area contributed by atoms with Crippen molar-refractivity contribution in [3.63, 3.8) is 0 Å². The molecule has 1 N–H and O–H groups in total. The van der Waals surface area contributed by atoms with E-state index >= 15 is 0 Å². The molecule has 3 rings (SSSR count). The van der Waals surface area contributed by atoms with Gasteiger partial charge in [-0.3, -0.25) is 4.79 Å². The van der Waals surface area contributed by atoms with Gasteiger partial charge in [-0.05, 0) is 44.3 Å². The van der Waals surface area contributed by atoms with Gasteiger partial charge in [-0.15, -0.1) is 0 Å². The van der Waals surface area contributed by atoms with Crippen LogP contribution in [0.4, 0.5) is 13.2 Å². The van der Waals surface area contributed by atoms with Crippen molar-refractivity contribution in [1.82, 2.24) is 10.2 Å². The smallest absolute Gasteiger partial charge is 0.376 e. The van der Waals surface area contributed by atoms with Crippen LogP contribution in [0.25, 0.3) is 0 Å². The van der Waals surface area contributed by atoms with E-state index < -0.39 is 21.4 Å². The number of piperidine rings is 1. The van der Waals surface area contributed by atoms with Crippen molar-refractivity contribution in [2.45, 2.75) is 37.2 Å². The average molecular weight is 475 g/mol. The summed E-state index contributed by atoms with van der Waals surface area (Å²) in [5.41, 5.74) is -5.20. The molecule has 0 unspecified atom stereocenters. The molecule has 2 fully saturated rings. The number of rotatable bonds is 5. The van der Waals surface area contributed by atoms with Gasteiger partial charge < -0.3 is 14.4 Å². The quantitative estimate of drug-likeness (QED) is 0.522. The molecule has 2 aliphatic rings. The SMILES string of the molecule is O=C1[C@H](Cc2c(Cl)cc(OS(=O)(=O)C(F)(F)F)cc2Cl)CCN1C1CCNCC1. The molecule has 0 saturated carbocycles. The largest absolute Gasteiger partial charge is 0.534 e. The van der Waals surface area contributed by atoms with Gasteiger partial charge in [0.1, 0.15) is 5.75 Å². The van der Waals surface area contributed by atoms with Gasteiger partial charge in [-0.25, -0.2) is 0 Å². The third kappa shape index (κ3) is 4.92. The zero-order valence-corrected chi connectivity index (χ0v) is 17.5. The topological polar surface area (TPSA) is 75.7 Å². The highest BCUT2D eigenvalue weighted by atomic mass is 35.5. The van der Waals surface area contributed by atoms with Crippen molar-refractivity contribution < 1.29 is 30.6 Å². The van der Waals surface area contributed by atoms with Crippen LogP contribution in [-0.4, -0.2) is 50.4 Å². The Labute approximate surface area is 176 Å². The molecule has 0 spiro atoms. The predicted molar refractivity (Wildman–Crippen MR) is 101 cm³/mol. The zero-order valence-electron chi connectivity index (χ0n) is 15.1. The Bertz CT molecular complexity index is 866. The lowest BCUT2D eigenvalue weighted by Crippen LogP contribution is -2.44. The summed E-state index contributed by atoms with van der Waals surface area (Å²) in [7, 11) is -5.83. The third-order valence-electron chi connectivity index (χ3n) is 5.15. The first kappa shape index (κ1) is 22.5. The Morgan fingerprint density at radius 1 is 1.14 bits per heavy atom. The van der Waals surface area contributed by atoms with Crippen molar-refractivity contribution in [2.75, 3.05) is 19.6 Å². The monoisotopic (exact) mass is 474 g/mol. The van der Waals surface area contributed by atoms with Gasteiger partial charge in [0.25, 0.3) is 0 Å². The molecule has 2 aliphatic heterocycles. The Hall–Kier alpha value is -1.23. The molecular formula is C17H19Cl2F3N2O4S. The minimum absolute atomic E-state index is 0.00371. The maximum absolute atomic E-state index is 12.8. The average Bonchev–Trinajstić information content (AvgIpc) is 2.98. The fourth-order valence-electron chi connectivity index (χ4n) is 3.68. The fraction of sp³-hybridized carbons (Fsp3) is 0.588. The summed E-state index contributed by atoms with van der Waals surface area (Å²) in [5, 5.41) is 3.14. The highest BCUT2D eigenvalue weighted by Crippen LogP contribution is 2.36. The molecule has 0 aliphatic carbocycles. The molecule has 1 amide bonds. The van der Waals surface area contributed by atoms with Crippen LogP contribution >= 0.6 is 23.2 Å². The number of nitrogens with zero attached hydrogens (tertiary/aromatic N) is 1. The molecule has 1 aromatic rings. The van der Waals surface area contributed by atoms with Gasteiger partial charge in [0, 0.05) is 40.7 Å². The van der Waals surface area contributed by atoms with Crippen molar-refractivity contribution in [3.8, 4) is 5.75 Å². The van der Waals surface area contributed by atoms with Crippen LogP contribution in [0, 0.1) is 5.92 Å². The van der Waals surface area contributed by atoms with Gasteiger partial charge in [-0.1, -0.05) is 23.2 Å². The molecule has 0 bridgehead atoms. The van der Waals surface area contributed by atoms with E-state index in [9.17, 15) is 26.4 Å². The summed E-state index contributed by atoms with van der Waals surface area (Å²) in [6.45, 7) is 2.35. The van der Waals surface area contributed by atoms with Crippen LogP contribution in [0.3, 0.4) is 0 Å². The number of likely N-dealkylation sites (tertiary alicyclic amines) is 1. The minimum Gasteiger partial charge on any atom is -0.376 e. The van der Waals surface area contributed by atoms with Crippen LogP contribution in [0.1, 0.15) is 24.8 Å². The Morgan fingerprint density at radius 2 is 1.72 bits per heavy atom. The number of halogens is 5. The maximum atomic E-state index is 12.8. The Kier molecular flexibility index (Phi) is 6.57. The Morgan fingerprint density at radius 3 is 2.28 bits per heavy atom. The molecule has 0 radical (unpaired) electrons. The number of amides is 1. The van der Waals surface area contributed by atoms with Crippen molar-refractivity contribution in [1.29, 1.82) is 0 Å². The van der Waals surface area contributed by atoms with E-state index in [1.807, 2.05) is 4.90 Å². The highest BCUT2D eigenvalue weighted by Gasteiger charge is 2.48. The van der Waals surface area contributed by atoms with E-state index in [1.54, 1.807) is 0 Å². The summed E-state index contributed by atoms with van der Waals surface area (Å²) in [5.74, 6) is -0.982. The molecule has 6 nitrogen and oxygen atoms in total. The summed E-state index contributed by atoms with van der Waals surface area (Å²) in [6, 6.07) is 2.11. The minimum atomic E-state index is -5.83. The van der Waals surface area contributed by atoms with E-state index in [1.165, 1.54) is 0 Å². The third-order valence-corrected chi connectivity index (χ3v) is 6.81. The highest BCUT2D eigenvalue weighted by molar-refractivity contribution is 7.88. The fourth-order valence-corrected chi connectivity index (χ4v) is 4.74. The first-order valence-electron chi connectivity index (χ1n) is 8.99. The van der Waals surface area contributed by atoms with E-state index in [-0.39, 0.29) is 34.3 Å². The van der Waals surface area contributed by atoms with Crippen molar-refractivity contribution >= 4 is 39.2 Å². The summed E-state index contributed by atoms with van der Waals surface area (Å²) in [4.78, 5) is 14.7. The van der Waals surface area contributed by atoms with Crippen LogP contribution in [-0.2, 0) is 21.3 Å². The molecular weight excluding hydrogens is 456 g/mol. The molecule has 162 valence electrons. The predicted octanol–water partition coefficient (Wildman–Crippen LogP) is 3.36. The molecule has 0 aromatic heterocycles. The lowest BCUT2D eigenvalue weighted by molar-refractivity contribution is -0.133. The van der Waals surface area contributed by atoms with Crippen LogP contribution in [0.2, 0.25) is 10.0 Å². The molecule has 1 aromatic carbocycles. The number of carbonyl (C=O) groups is 1. The maximum Gasteiger partial charge on any atom is 0.534 e. The van der Waals surface area contributed by atoms with E-state index in [0.29, 0.717) is 18.5 Å². The number of nitrogens with one attached hydrogen (secondary N) is 1. The lowest BCUT2D eigenvalue weighted by atomic mass is 9.97. The number of hydrogen-bond donors (Lipinski definition) is 1. The van der Waals surface area contributed by atoms with Gasteiger partial charge in [-0.2, -0.15) is 21.6 Å². The zero-order chi connectivity index (χ0) is 21.4. The lowest BCUT2D eigenvalue weighted by Gasteiger charge is -2.31. The van der Waals surface area contributed by atoms with Crippen molar-refractivity contribution in [2.24, 2.45) is 5.92 Å². The molecule has 2 saturated heterocycles. The summed E-state index contributed by atoms with van der Waals surface area (Å²) in [6.07, 6.45) is 2.61. The number of carbonyl (C=O) groups excluding carboxylic acids is 1. The number of hydrogen-bond acceptors (Lipinski definition) is 5. The van der Waals surface area contributed by atoms with Crippen molar-refractivity contribution in [3.05, 3.63) is 27.7 Å². The molecule has 29 heavy (non-hydrogen) atoms. The van der Waals surface area contributed by atoms with E-state index in [4.69, 9.17) is 23.2 Å². The normalized spacial score (nSPS) is 21.6. The molecule has 1 atom stereocenters. The van der Waals surface area contributed by atoms with Gasteiger partial charge in [0.2, 0.25) is 5.91 Å². The van der Waals surface area contributed by atoms with Gasteiger partial charge in [0.05, 0.1) is 0 Å². The first-order valence-corrected chi connectivity index (χ1v) is 11.2. The summed E-state index contributed by atoms with van der Waals surface area (Å²) < 4.78 is 63.8. The Balaban J connectivity index is 1.73. The molecule has 12 heteroatoms. The van der Waals surface area contributed by atoms with Crippen LogP contribution in [0.15, 0.2) is 12.1 Å². The second kappa shape index (κ2) is 8.49.